The summed E-state index contributed by atoms with van der Waals surface area (Å²) in [7, 11) is 0. The summed E-state index contributed by atoms with van der Waals surface area (Å²) in [5.41, 5.74) is 5.13. The van der Waals surface area contributed by atoms with Gasteiger partial charge in [0.15, 0.2) is 0 Å². The van der Waals surface area contributed by atoms with Crippen LogP contribution in [0, 0.1) is 0 Å². The van der Waals surface area contributed by atoms with Crippen molar-refractivity contribution in [1.82, 2.24) is 24.8 Å². The SMILES string of the molecule is O=c1[nH]c(-c2cccnc2)nc2c1CN(Cc1ccc(-c3ccc(Cl)c(Cl)c3)nc1)CC2. The summed E-state index contributed by atoms with van der Waals surface area (Å²) >= 11 is 12.1. The van der Waals surface area contributed by atoms with E-state index < -0.39 is 0 Å². The van der Waals surface area contributed by atoms with Gasteiger partial charge in [0.25, 0.3) is 5.56 Å². The lowest BCUT2D eigenvalue weighted by Crippen LogP contribution is -2.35. The normalized spacial score (nSPS) is 13.7. The van der Waals surface area contributed by atoms with E-state index in [9.17, 15) is 4.79 Å². The first-order chi connectivity index (χ1) is 15.6. The van der Waals surface area contributed by atoms with Crippen molar-refractivity contribution in [2.45, 2.75) is 19.5 Å². The van der Waals surface area contributed by atoms with Crippen molar-refractivity contribution >= 4 is 23.2 Å². The number of aromatic amines is 1. The molecule has 3 aromatic heterocycles. The van der Waals surface area contributed by atoms with E-state index in [1.165, 1.54) is 0 Å². The molecule has 0 aliphatic carbocycles. The number of nitrogens with zero attached hydrogens (tertiary/aromatic N) is 4. The molecule has 4 heterocycles. The molecule has 0 saturated heterocycles. The van der Waals surface area contributed by atoms with Crippen LogP contribution in [0.4, 0.5) is 0 Å². The lowest BCUT2D eigenvalue weighted by Gasteiger charge is -2.27. The third kappa shape index (κ3) is 4.30. The fraction of sp³-hybridized carbons (Fsp3) is 0.167. The van der Waals surface area contributed by atoms with Crippen LogP contribution in [0.2, 0.25) is 10.0 Å². The molecule has 1 aliphatic rings. The molecule has 6 nitrogen and oxygen atoms in total. The minimum atomic E-state index is -0.0911. The van der Waals surface area contributed by atoms with Crippen LogP contribution in [0.1, 0.15) is 16.8 Å². The van der Waals surface area contributed by atoms with E-state index in [4.69, 9.17) is 23.2 Å². The number of H-pyrrole nitrogens is 1. The van der Waals surface area contributed by atoms with E-state index in [0.29, 0.717) is 29.0 Å². The monoisotopic (exact) mass is 463 g/mol. The average Bonchev–Trinajstić information content (AvgIpc) is 2.82. The van der Waals surface area contributed by atoms with Crippen molar-refractivity contribution in [2.24, 2.45) is 0 Å². The second-order valence-corrected chi connectivity index (χ2v) is 8.54. The molecule has 5 rings (SSSR count). The van der Waals surface area contributed by atoms with E-state index in [1.807, 2.05) is 42.6 Å². The van der Waals surface area contributed by atoms with Gasteiger partial charge in [0.2, 0.25) is 0 Å². The molecule has 160 valence electrons. The lowest BCUT2D eigenvalue weighted by atomic mass is 10.1. The van der Waals surface area contributed by atoms with Crippen molar-refractivity contribution < 1.29 is 0 Å². The van der Waals surface area contributed by atoms with Crippen LogP contribution in [0.3, 0.4) is 0 Å². The zero-order valence-electron chi connectivity index (χ0n) is 17.1. The summed E-state index contributed by atoms with van der Waals surface area (Å²) in [6.45, 7) is 2.09. The van der Waals surface area contributed by atoms with Gasteiger partial charge in [-0.1, -0.05) is 35.3 Å². The largest absolute Gasteiger partial charge is 0.306 e. The standard InChI is InChI=1S/C24H19Cl2N5O/c25-19-5-4-16(10-20(19)26)21-6-3-15(11-28-21)13-31-9-7-22-18(14-31)24(32)30-23(29-22)17-2-1-8-27-12-17/h1-6,8,10-12H,7,9,13-14H2,(H,29,30,32). The van der Waals surface area contributed by atoms with E-state index in [1.54, 1.807) is 18.5 Å². The molecule has 0 radical (unpaired) electrons. The topological polar surface area (TPSA) is 74.8 Å². The summed E-state index contributed by atoms with van der Waals surface area (Å²) in [6, 6.07) is 13.2. The van der Waals surface area contributed by atoms with Crippen LogP contribution in [0.15, 0.2) is 65.8 Å². The van der Waals surface area contributed by atoms with E-state index in [-0.39, 0.29) is 5.56 Å². The van der Waals surface area contributed by atoms with Gasteiger partial charge >= 0.3 is 0 Å². The van der Waals surface area contributed by atoms with Gasteiger partial charge in [-0.05, 0) is 35.9 Å². The Bertz CT molecular complexity index is 1320. The minimum Gasteiger partial charge on any atom is -0.306 e. The Morgan fingerprint density at radius 1 is 1.03 bits per heavy atom. The number of pyridine rings is 2. The molecule has 1 N–H and O–H groups in total. The van der Waals surface area contributed by atoms with Crippen LogP contribution in [-0.2, 0) is 19.5 Å². The number of halogens is 2. The maximum absolute atomic E-state index is 12.7. The Morgan fingerprint density at radius 2 is 1.94 bits per heavy atom. The smallest absolute Gasteiger partial charge is 0.255 e. The van der Waals surface area contributed by atoms with Gasteiger partial charge in [-0.15, -0.1) is 0 Å². The van der Waals surface area contributed by atoms with Gasteiger partial charge in [0.05, 0.1) is 27.0 Å². The Hall–Kier alpha value is -3.06. The number of hydrogen-bond acceptors (Lipinski definition) is 5. The Labute approximate surface area is 194 Å². The molecule has 0 bridgehead atoms. The molecule has 0 spiro atoms. The van der Waals surface area contributed by atoms with Crippen molar-refractivity contribution in [3.8, 4) is 22.6 Å². The molecule has 8 heteroatoms. The molecule has 0 atom stereocenters. The average molecular weight is 464 g/mol. The fourth-order valence-electron chi connectivity index (χ4n) is 3.86. The summed E-state index contributed by atoms with van der Waals surface area (Å²) in [6.07, 6.45) is 5.99. The predicted molar refractivity (Wildman–Crippen MR) is 126 cm³/mol. The fourth-order valence-corrected chi connectivity index (χ4v) is 4.16. The molecule has 1 aromatic carbocycles. The summed E-state index contributed by atoms with van der Waals surface area (Å²) in [5, 5.41) is 1.03. The number of benzene rings is 1. The van der Waals surface area contributed by atoms with Gasteiger partial charge in [-0.2, -0.15) is 0 Å². The zero-order chi connectivity index (χ0) is 22.1. The molecule has 0 saturated carbocycles. The molecule has 0 unspecified atom stereocenters. The van der Waals surface area contributed by atoms with Gasteiger partial charge < -0.3 is 4.98 Å². The Kier molecular flexibility index (Phi) is 5.74. The Balaban J connectivity index is 1.31. The Morgan fingerprint density at radius 3 is 2.69 bits per heavy atom. The van der Waals surface area contributed by atoms with Gasteiger partial charge in [-0.3, -0.25) is 19.7 Å². The van der Waals surface area contributed by atoms with Crippen molar-refractivity contribution in [2.75, 3.05) is 6.54 Å². The van der Waals surface area contributed by atoms with Crippen LogP contribution in [-0.4, -0.2) is 31.4 Å². The number of rotatable bonds is 4. The van der Waals surface area contributed by atoms with E-state index >= 15 is 0 Å². The maximum atomic E-state index is 12.7. The third-order valence-corrected chi connectivity index (χ3v) is 6.27. The van der Waals surface area contributed by atoms with Gasteiger partial charge in [0, 0.05) is 55.8 Å². The molecular weight excluding hydrogens is 445 g/mol. The summed E-state index contributed by atoms with van der Waals surface area (Å²) in [5.74, 6) is 0.567. The predicted octanol–water partition coefficient (Wildman–Crippen LogP) is 4.76. The zero-order valence-corrected chi connectivity index (χ0v) is 18.6. The number of nitrogens with one attached hydrogen (secondary N) is 1. The van der Waals surface area contributed by atoms with Crippen molar-refractivity contribution in [1.29, 1.82) is 0 Å². The van der Waals surface area contributed by atoms with Gasteiger partial charge in [-0.25, -0.2) is 4.98 Å². The van der Waals surface area contributed by atoms with Crippen LogP contribution >= 0.6 is 23.2 Å². The number of aromatic nitrogens is 4. The quantitative estimate of drug-likeness (QED) is 0.472. The number of fused-ring (bicyclic) bond motifs is 1. The van der Waals surface area contributed by atoms with E-state index in [0.717, 1.165) is 46.6 Å². The van der Waals surface area contributed by atoms with Crippen molar-refractivity contribution in [3.05, 3.63) is 98.3 Å². The van der Waals surface area contributed by atoms with Crippen LogP contribution in [0.25, 0.3) is 22.6 Å². The minimum absolute atomic E-state index is 0.0911. The second-order valence-electron chi connectivity index (χ2n) is 7.72. The highest BCUT2D eigenvalue weighted by Gasteiger charge is 2.21. The van der Waals surface area contributed by atoms with E-state index in [2.05, 4.69) is 24.8 Å². The maximum Gasteiger partial charge on any atom is 0.255 e. The third-order valence-electron chi connectivity index (χ3n) is 5.53. The molecule has 32 heavy (non-hydrogen) atoms. The molecule has 1 aliphatic heterocycles. The first-order valence-corrected chi connectivity index (χ1v) is 11.0. The first-order valence-electron chi connectivity index (χ1n) is 10.2. The molecule has 0 amide bonds. The van der Waals surface area contributed by atoms with Crippen LogP contribution < -0.4 is 5.56 Å². The lowest BCUT2D eigenvalue weighted by molar-refractivity contribution is 0.241. The van der Waals surface area contributed by atoms with Crippen LogP contribution in [0.5, 0.6) is 0 Å². The summed E-state index contributed by atoms with van der Waals surface area (Å²) in [4.78, 5) is 31.2. The molecular formula is C24H19Cl2N5O. The second kappa shape index (κ2) is 8.82. The highest BCUT2D eigenvalue weighted by molar-refractivity contribution is 6.42. The molecule has 0 fully saturated rings. The summed E-state index contributed by atoms with van der Waals surface area (Å²) < 4.78 is 0. The molecule has 4 aromatic rings. The highest BCUT2D eigenvalue weighted by Crippen LogP contribution is 2.28. The van der Waals surface area contributed by atoms with Crippen molar-refractivity contribution in [3.63, 3.8) is 0 Å². The first kappa shape index (κ1) is 20.8. The highest BCUT2D eigenvalue weighted by atomic mass is 35.5. The number of hydrogen-bond donors (Lipinski definition) is 1. The van der Waals surface area contributed by atoms with Gasteiger partial charge in [0.1, 0.15) is 5.82 Å².